The van der Waals surface area contributed by atoms with Crippen LogP contribution in [0.25, 0.3) is 0 Å². The molecule has 0 aromatic heterocycles. The third kappa shape index (κ3) is 5.76. The first-order valence-corrected chi connectivity index (χ1v) is 14.3. The summed E-state index contributed by atoms with van der Waals surface area (Å²) in [6, 6.07) is 9.24. The number of nitrogens with zero attached hydrogens (tertiary/aromatic N) is 3. The molecule has 184 valence electrons. The number of piperidine rings is 1. The molecular weight excluding hydrogens is 614 g/mol. The van der Waals surface area contributed by atoms with Gasteiger partial charge < -0.3 is 0 Å². The molecule has 1 fully saturated rings. The molecule has 6 nitrogen and oxygen atoms in total. The average Bonchev–Trinajstić information content (AvgIpc) is 3.28. The zero-order valence-corrected chi connectivity index (χ0v) is 21.1. The van der Waals surface area contributed by atoms with E-state index in [0.717, 1.165) is 18.0 Å². The number of alkyl halides is 3. The average molecular weight is 632 g/mol. The summed E-state index contributed by atoms with van der Waals surface area (Å²) >= 11 is 0.0419. The Morgan fingerprint density at radius 3 is 2.56 bits per heavy atom. The van der Waals surface area contributed by atoms with Crippen molar-refractivity contribution >= 4 is 48.4 Å². The minimum absolute atomic E-state index is 0.00470. The van der Waals surface area contributed by atoms with Crippen molar-refractivity contribution in [1.29, 1.82) is 0 Å². The quantitative estimate of drug-likeness (QED) is 0.194. The number of sulfonamides is 1. The van der Waals surface area contributed by atoms with Gasteiger partial charge in [0.2, 0.25) is 5.17 Å². The van der Waals surface area contributed by atoms with Crippen molar-refractivity contribution < 1.29 is 30.4 Å². The monoisotopic (exact) mass is 632 g/mol. The van der Waals surface area contributed by atoms with E-state index in [1.807, 2.05) is 0 Å². The van der Waals surface area contributed by atoms with E-state index < -0.39 is 66.0 Å². The number of hydrogen-bond acceptors (Lipinski definition) is 5. The maximum absolute atomic E-state index is 14.9. The van der Waals surface area contributed by atoms with E-state index in [1.165, 1.54) is 0 Å². The highest BCUT2D eigenvalue weighted by Gasteiger charge is 2.44. The van der Waals surface area contributed by atoms with Gasteiger partial charge in [0.1, 0.15) is 37.8 Å². The second kappa shape index (κ2) is 10.1. The molecule has 0 amide bonds. The predicted molar refractivity (Wildman–Crippen MR) is 127 cm³/mol. The third-order valence-corrected chi connectivity index (χ3v) is 9.81. The molecule has 0 aliphatic carbocycles. The van der Waals surface area contributed by atoms with Gasteiger partial charge in [0.15, 0.2) is 0 Å². The van der Waals surface area contributed by atoms with Gasteiger partial charge in [-0.15, -0.1) is 4.40 Å². The van der Waals surface area contributed by atoms with E-state index >= 15 is 0 Å². The van der Waals surface area contributed by atoms with Crippen molar-refractivity contribution in [2.24, 2.45) is 12.9 Å². The number of nitrogens with one attached hydrogen (secondary N) is 1. The summed E-state index contributed by atoms with van der Waals surface area (Å²) in [5.74, 6) is -3.66. The lowest BCUT2D eigenvalue weighted by molar-refractivity contribution is -0.190. The van der Waals surface area contributed by atoms with E-state index in [2.05, 4.69) is 10.5 Å². The molecule has 2 atom stereocenters. The molecule has 0 radical (unpaired) electrons. The van der Waals surface area contributed by atoms with Gasteiger partial charge in [-0.1, -0.05) is 30.3 Å². The summed E-state index contributed by atoms with van der Waals surface area (Å²) in [6.07, 6.45) is -4.73. The van der Waals surface area contributed by atoms with Crippen LogP contribution >= 0.6 is 33.3 Å². The molecule has 2 aliphatic heterocycles. The molecule has 2 heterocycles. The Hall–Kier alpha value is -1.65. The normalized spacial score (nSPS) is 23.0. The van der Waals surface area contributed by atoms with Gasteiger partial charge in [-0.3, -0.25) is 8.43 Å². The molecule has 2 aliphatic rings. The van der Waals surface area contributed by atoms with Crippen molar-refractivity contribution in [2.75, 3.05) is 6.54 Å². The Morgan fingerprint density at radius 1 is 1.18 bits per heavy atom. The maximum Gasteiger partial charge on any atom is 0.391 e. The number of rotatable bonds is 5. The molecule has 0 spiro atoms. The maximum atomic E-state index is 14.9. The van der Waals surface area contributed by atoms with E-state index in [1.54, 1.807) is 35.2 Å². The minimum atomic E-state index is -4.52. The van der Waals surface area contributed by atoms with Gasteiger partial charge in [0.05, 0.1) is 17.9 Å². The van der Waals surface area contributed by atoms with Gasteiger partial charge in [-0.2, -0.15) is 24.1 Å². The first kappa shape index (κ1) is 25.4. The Bertz CT molecular complexity index is 1220. The molecule has 0 bridgehead atoms. The van der Waals surface area contributed by atoms with Crippen molar-refractivity contribution in [3.63, 3.8) is 0 Å². The number of halogens is 6. The van der Waals surface area contributed by atoms with Crippen molar-refractivity contribution in [2.45, 2.75) is 36.5 Å². The van der Waals surface area contributed by atoms with Crippen LogP contribution in [0.1, 0.15) is 30.0 Å². The first-order chi connectivity index (χ1) is 16.0. The van der Waals surface area contributed by atoms with Crippen LogP contribution in [0.5, 0.6) is 0 Å². The summed E-state index contributed by atoms with van der Waals surface area (Å²) in [6.45, 7) is -0.156. The molecule has 4 rings (SSSR count). The summed E-state index contributed by atoms with van der Waals surface area (Å²) in [7, 11) is -4.52. The lowest BCUT2D eigenvalue weighted by Gasteiger charge is -2.40. The highest BCUT2D eigenvalue weighted by atomic mass is 127. The molecule has 1 N–H and O–H groups in total. The van der Waals surface area contributed by atoms with Crippen molar-refractivity contribution in [1.82, 2.24) is 8.43 Å². The lowest BCUT2D eigenvalue weighted by Crippen LogP contribution is -2.41. The largest absolute Gasteiger partial charge is 0.391 e. The summed E-state index contributed by atoms with van der Waals surface area (Å²) in [5.41, 5.74) is 0.492. The third-order valence-electron chi connectivity index (χ3n) is 5.59. The van der Waals surface area contributed by atoms with E-state index in [0.29, 0.717) is 11.6 Å². The van der Waals surface area contributed by atoms with Crippen LogP contribution in [-0.4, -0.2) is 31.2 Å². The van der Waals surface area contributed by atoms with Crippen LogP contribution in [0.2, 0.25) is 0 Å². The predicted octanol–water partition coefficient (Wildman–Crippen LogP) is 5.85. The second-order valence-corrected chi connectivity index (χ2v) is 12.2. The number of hydrogen-bond donors (Lipinski definition) is 1. The van der Waals surface area contributed by atoms with Crippen LogP contribution in [-0.2, 0) is 16.6 Å². The van der Waals surface area contributed by atoms with E-state index in [-0.39, 0.29) is 36.7 Å². The van der Waals surface area contributed by atoms with Crippen LogP contribution in [0.15, 0.2) is 54.3 Å². The highest BCUT2D eigenvalue weighted by Crippen LogP contribution is 2.42. The number of likely N-dealkylation sites (tertiary alicyclic amines) is 1. The SMILES string of the molecule is O=S(=O)(N=C1NI=NS1)c1cc(F)c(CN2CC[C@H](C(F)(F)F)C[C@H]2c2ccccc2)cc1F. The lowest BCUT2D eigenvalue weighted by atomic mass is 9.86. The molecule has 1 saturated heterocycles. The van der Waals surface area contributed by atoms with Crippen LogP contribution in [0, 0.1) is 17.6 Å². The van der Waals surface area contributed by atoms with Gasteiger partial charge in [0.25, 0.3) is 10.0 Å². The first-order valence-electron chi connectivity index (χ1n) is 9.99. The number of amidine groups is 1. The summed E-state index contributed by atoms with van der Waals surface area (Å²) in [4.78, 5) is 0.748. The van der Waals surface area contributed by atoms with Crippen LogP contribution in [0.4, 0.5) is 22.0 Å². The van der Waals surface area contributed by atoms with Gasteiger partial charge >= 0.3 is 6.18 Å². The molecule has 2 aromatic rings. The molecule has 34 heavy (non-hydrogen) atoms. The van der Waals surface area contributed by atoms with Crippen LogP contribution in [0.3, 0.4) is 0 Å². The highest BCUT2D eigenvalue weighted by molar-refractivity contribution is 14.1. The zero-order chi connectivity index (χ0) is 24.5. The van der Waals surface area contributed by atoms with Crippen molar-refractivity contribution in [3.8, 4) is 0 Å². The Morgan fingerprint density at radius 2 is 1.91 bits per heavy atom. The second-order valence-electron chi connectivity index (χ2n) is 7.74. The Balaban J connectivity index is 1.61. The van der Waals surface area contributed by atoms with Gasteiger partial charge in [-0.05, 0) is 37.1 Å². The molecule has 0 saturated carbocycles. The zero-order valence-electron chi connectivity index (χ0n) is 17.3. The van der Waals surface area contributed by atoms with Gasteiger partial charge in [-0.25, -0.2) is 8.78 Å². The van der Waals surface area contributed by atoms with Crippen molar-refractivity contribution in [3.05, 3.63) is 65.2 Å². The standard InChI is InChI=1S/C20H18F5IN4O2S2/c21-15-10-18(34(31,32)28-19-27-26-29-33-19)16(22)8-13(15)11-30-7-6-14(20(23,24)25)9-17(30)12-4-2-1-3-5-12/h1-5,8,10,14,17H,6-7,9,11H2,(H,27,28,29)/t14-,17-/m0/s1. The smallest absolute Gasteiger partial charge is 0.296 e. The van der Waals surface area contributed by atoms with Crippen LogP contribution < -0.4 is 3.53 Å². The molecule has 2 aromatic carbocycles. The molecule has 0 unspecified atom stereocenters. The minimum Gasteiger partial charge on any atom is -0.296 e. The summed E-state index contributed by atoms with van der Waals surface area (Å²) < 4.78 is 105. The topological polar surface area (TPSA) is 74.1 Å². The fraction of sp³-hybridized carbons (Fsp3) is 0.350. The summed E-state index contributed by atoms with van der Waals surface area (Å²) in [5, 5.41) is -0.00470. The van der Waals surface area contributed by atoms with E-state index in [4.69, 9.17) is 0 Å². The van der Waals surface area contributed by atoms with E-state index in [9.17, 15) is 30.4 Å². The fourth-order valence-corrected chi connectivity index (χ4v) is 7.63. The Labute approximate surface area is 207 Å². The fourth-order valence-electron chi connectivity index (χ4n) is 3.94. The van der Waals surface area contributed by atoms with Gasteiger partial charge in [0, 0.05) is 18.2 Å². The Kier molecular flexibility index (Phi) is 7.59. The number of benzene rings is 2. The molecular formula is C20H18F5IN4O2S2. The molecule has 14 heteroatoms.